The van der Waals surface area contributed by atoms with Crippen LogP contribution < -0.4 is 5.32 Å². The molecule has 0 radical (unpaired) electrons. The lowest BCUT2D eigenvalue weighted by Gasteiger charge is -2.24. The largest absolute Gasteiger partial charge is 0.494 e. The topological polar surface area (TPSA) is 97.8 Å². The number of rotatable bonds is 6. The number of aromatic hydroxyl groups is 1. The van der Waals surface area contributed by atoms with Gasteiger partial charge in [0.1, 0.15) is 0 Å². The van der Waals surface area contributed by atoms with Crippen molar-refractivity contribution in [3.8, 4) is 17.1 Å². The molecule has 32 heavy (non-hydrogen) atoms. The van der Waals surface area contributed by atoms with E-state index in [0.29, 0.717) is 38.7 Å². The Balaban J connectivity index is 1.70. The fourth-order valence-corrected chi connectivity index (χ4v) is 3.95. The van der Waals surface area contributed by atoms with Gasteiger partial charge in [-0.25, -0.2) is 4.99 Å². The maximum atomic E-state index is 12.8. The number of H-pyrrole nitrogens is 1. The molecule has 164 valence electrons. The number of halogens is 1. The Labute approximate surface area is 190 Å². The minimum Gasteiger partial charge on any atom is -0.494 e. The molecule has 1 aliphatic rings. The summed E-state index contributed by atoms with van der Waals surface area (Å²) in [6.45, 7) is 2.00. The van der Waals surface area contributed by atoms with Gasteiger partial charge in [0.05, 0.1) is 28.7 Å². The summed E-state index contributed by atoms with van der Waals surface area (Å²) in [5.41, 5.74) is 3.16. The van der Waals surface area contributed by atoms with Crippen molar-refractivity contribution in [3.05, 3.63) is 75.8 Å². The standard InChI is InChI=1S/C24H23ClN4O3/c1-4-17(29(2)3)26-22(30)15-7-5-6-14(12-15)21-19-18(23(31)28-21)20(27-24(19)32)13-8-10-16(25)11-9-13/h5-12,17,28,31H,4H2,1-3H3,(H,26,30). The van der Waals surface area contributed by atoms with Crippen LogP contribution in [-0.2, 0) is 0 Å². The molecule has 1 unspecified atom stereocenters. The Kier molecular flexibility index (Phi) is 5.86. The lowest BCUT2D eigenvalue weighted by atomic mass is 9.99. The van der Waals surface area contributed by atoms with Gasteiger partial charge in [-0.05, 0) is 50.3 Å². The third-order valence-corrected chi connectivity index (χ3v) is 5.74. The van der Waals surface area contributed by atoms with E-state index in [1.165, 1.54) is 0 Å². The van der Waals surface area contributed by atoms with Crippen LogP contribution in [0.5, 0.6) is 5.88 Å². The lowest BCUT2D eigenvalue weighted by Crippen LogP contribution is -2.44. The summed E-state index contributed by atoms with van der Waals surface area (Å²) in [7, 11) is 3.81. The number of aliphatic imine (C=N–C) groups is 1. The molecule has 3 aromatic rings. The highest BCUT2D eigenvalue weighted by Crippen LogP contribution is 2.38. The van der Waals surface area contributed by atoms with Crippen LogP contribution in [0.3, 0.4) is 0 Å². The number of hydrogen-bond acceptors (Lipinski definition) is 4. The first-order valence-corrected chi connectivity index (χ1v) is 10.6. The summed E-state index contributed by atoms with van der Waals surface area (Å²) >= 11 is 5.96. The molecule has 0 saturated heterocycles. The number of aromatic nitrogens is 1. The molecule has 2 amide bonds. The smallest absolute Gasteiger partial charge is 0.280 e. The maximum absolute atomic E-state index is 12.8. The van der Waals surface area contributed by atoms with Gasteiger partial charge in [0.2, 0.25) is 0 Å². The van der Waals surface area contributed by atoms with E-state index in [2.05, 4.69) is 15.3 Å². The van der Waals surface area contributed by atoms with Crippen LogP contribution in [0.4, 0.5) is 0 Å². The SMILES string of the molecule is CCC(NC(=O)c1cccc(-c2[nH]c(O)c3c2C(=O)N=C3c2ccc(Cl)cc2)c1)N(C)C. The molecule has 7 nitrogen and oxygen atoms in total. The van der Waals surface area contributed by atoms with Crippen molar-refractivity contribution in [2.24, 2.45) is 4.99 Å². The van der Waals surface area contributed by atoms with Crippen LogP contribution in [0, 0.1) is 0 Å². The number of hydrogen-bond donors (Lipinski definition) is 3. The first-order chi connectivity index (χ1) is 15.3. The van der Waals surface area contributed by atoms with Gasteiger partial charge in [-0.15, -0.1) is 0 Å². The van der Waals surface area contributed by atoms with Crippen molar-refractivity contribution in [1.82, 2.24) is 15.2 Å². The molecule has 0 spiro atoms. The van der Waals surface area contributed by atoms with Crippen LogP contribution in [0.15, 0.2) is 53.5 Å². The maximum Gasteiger partial charge on any atom is 0.280 e. The summed E-state index contributed by atoms with van der Waals surface area (Å²) in [6, 6.07) is 13.8. The molecule has 1 aromatic heterocycles. The summed E-state index contributed by atoms with van der Waals surface area (Å²) in [4.78, 5) is 34.5. The lowest BCUT2D eigenvalue weighted by molar-refractivity contribution is 0.0887. The molecule has 2 heterocycles. The van der Waals surface area contributed by atoms with Crippen molar-refractivity contribution in [3.63, 3.8) is 0 Å². The fourth-order valence-electron chi connectivity index (χ4n) is 3.82. The van der Waals surface area contributed by atoms with Crippen molar-refractivity contribution >= 4 is 29.1 Å². The van der Waals surface area contributed by atoms with Crippen molar-refractivity contribution in [2.45, 2.75) is 19.5 Å². The second kappa shape index (κ2) is 8.61. The molecule has 0 aliphatic carbocycles. The van der Waals surface area contributed by atoms with Crippen molar-refractivity contribution in [2.75, 3.05) is 14.1 Å². The van der Waals surface area contributed by atoms with Crippen LogP contribution in [0.25, 0.3) is 11.3 Å². The zero-order chi connectivity index (χ0) is 23.0. The fraction of sp³-hybridized carbons (Fsp3) is 0.208. The molecule has 3 N–H and O–H groups in total. The van der Waals surface area contributed by atoms with E-state index >= 15 is 0 Å². The predicted molar refractivity (Wildman–Crippen MR) is 125 cm³/mol. The number of benzene rings is 2. The van der Waals surface area contributed by atoms with Gasteiger partial charge < -0.3 is 15.4 Å². The molecule has 1 atom stereocenters. The monoisotopic (exact) mass is 450 g/mol. The van der Waals surface area contributed by atoms with E-state index in [-0.39, 0.29) is 23.5 Å². The summed E-state index contributed by atoms with van der Waals surface area (Å²) in [6.07, 6.45) is 0.664. The Morgan fingerprint density at radius 1 is 1.16 bits per heavy atom. The van der Waals surface area contributed by atoms with E-state index < -0.39 is 5.91 Å². The molecule has 0 fully saturated rings. The number of amides is 2. The predicted octanol–water partition coefficient (Wildman–Crippen LogP) is 4.06. The minimum atomic E-state index is -0.454. The second-order valence-corrected chi connectivity index (χ2v) is 8.25. The summed E-state index contributed by atoms with van der Waals surface area (Å²) < 4.78 is 0. The Bertz CT molecular complexity index is 1230. The van der Waals surface area contributed by atoms with E-state index in [1.807, 2.05) is 25.9 Å². The molecule has 0 saturated carbocycles. The molecule has 1 aliphatic heterocycles. The third-order valence-electron chi connectivity index (χ3n) is 5.48. The van der Waals surface area contributed by atoms with E-state index in [1.54, 1.807) is 48.5 Å². The normalized spacial score (nSPS) is 13.8. The van der Waals surface area contributed by atoms with Crippen LogP contribution in [-0.4, -0.2) is 52.8 Å². The molecule has 8 heteroatoms. The Hall–Kier alpha value is -3.42. The number of carbonyl (C=O) groups is 2. The summed E-state index contributed by atoms with van der Waals surface area (Å²) in [5, 5.41) is 14.2. The van der Waals surface area contributed by atoms with Gasteiger partial charge in [-0.3, -0.25) is 14.5 Å². The Morgan fingerprint density at radius 3 is 2.53 bits per heavy atom. The highest BCUT2D eigenvalue weighted by molar-refractivity contribution is 6.32. The summed E-state index contributed by atoms with van der Waals surface area (Å²) in [5.74, 6) is -0.822. The van der Waals surface area contributed by atoms with E-state index in [4.69, 9.17) is 11.6 Å². The average Bonchev–Trinajstić information content (AvgIpc) is 3.30. The molecule has 0 bridgehead atoms. The molecule has 4 rings (SSSR count). The minimum absolute atomic E-state index is 0.0955. The Morgan fingerprint density at radius 2 is 1.88 bits per heavy atom. The zero-order valence-corrected chi connectivity index (χ0v) is 18.7. The second-order valence-electron chi connectivity index (χ2n) is 7.81. The first kappa shape index (κ1) is 21.8. The number of carbonyl (C=O) groups excluding carboxylic acids is 2. The van der Waals surface area contributed by atoms with E-state index in [0.717, 1.165) is 6.42 Å². The highest BCUT2D eigenvalue weighted by atomic mass is 35.5. The van der Waals surface area contributed by atoms with Gasteiger partial charge >= 0.3 is 0 Å². The first-order valence-electron chi connectivity index (χ1n) is 10.2. The highest BCUT2D eigenvalue weighted by Gasteiger charge is 2.33. The van der Waals surface area contributed by atoms with E-state index in [9.17, 15) is 14.7 Å². The van der Waals surface area contributed by atoms with Crippen LogP contribution >= 0.6 is 11.6 Å². The number of fused-ring (bicyclic) bond motifs is 1. The van der Waals surface area contributed by atoms with Crippen molar-refractivity contribution in [1.29, 1.82) is 0 Å². The third kappa shape index (κ3) is 3.92. The number of nitrogens with one attached hydrogen (secondary N) is 2. The quantitative estimate of drug-likeness (QED) is 0.493. The number of nitrogens with zero attached hydrogens (tertiary/aromatic N) is 2. The molecular weight excluding hydrogens is 428 g/mol. The van der Waals surface area contributed by atoms with Gasteiger partial charge in [-0.2, -0.15) is 0 Å². The molecule has 2 aromatic carbocycles. The van der Waals surface area contributed by atoms with Gasteiger partial charge in [0.25, 0.3) is 11.8 Å². The van der Waals surface area contributed by atoms with Gasteiger partial charge in [0, 0.05) is 16.1 Å². The van der Waals surface area contributed by atoms with Crippen molar-refractivity contribution < 1.29 is 14.7 Å². The average molecular weight is 451 g/mol. The van der Waals surface area contributed by atoms with Crippen LogP contribution in [0.2, 0.25) is 5.02 Å². The van der Waals surface area contributed by atoms with Gasteiger partial charge in [-0.1, -0.05) is 42.8 Å². The number of aromatic amines is 1. The molecular formula is C24H23ClN4O3. The van der Waals surface area contributed by atoms with Crippen LogP contribution in [0.1, 0.15) is 45.2 Å². The van der Waals surface area contributed by atoms with Gasteiger partial charge in [0.15, 0.2) is 5.88 Å². The zero-order valence-electron chi connectivity index (χ0n) is 17.9.